The standard InChI is InChI=1S/C36H18S6/c1-3-7-21-19(5-1)23(9-11-25(21)29-17-31-35(41-29)33-27(39-31)13-15-37-33)24-10-12-26(22-8-4-2-6-20(22)24)30-18-32-36(42-30)34-28(40-32)14-16-38-34/h1-18H. The Morgan fingerprint density at radius 3 is 1.19 bits per heavy atom. The van der Waals surface area contributed by atoms with E-state index in [9.17, 15) is 0 Å². The van der Waals surface area contributed by atoms with Crippen molar-refractivity contribution in [3.8, 4) is 32.0 Å². The number of thiophene rings is 6. The van der Waals surface area contributed by atoms with Crippen LogP contribution in [0.15, 0.2) is 108 Å². The molecule has 0 saturated heterocycles. The van der Waals surface area contributed by atoms with Crippen molar-refractivity contribution in [1.29, 1.82) is 0 Å². The first-order valence-corrected chi connectivity index (χ1v) is 18.7. The van der Waals surface area contributed by atoms with Crippen LogP contribution in [-0.4, -0.2) is 0 Å². The van der Waals surface area contributed by atoms with Gasteiger partial charge in [-0.2, -0.15) is 0 Å². The maximum atomic E-state index is 2.40. The van der Waals surface area contributed by atoms with Crippen molar-refractivity contribution in [3.05, 3.63) is 108 Å². The van der Waals surface area contributed by atoms with Gasteiger partial charge in [0.05, 0.1) is 18.8 Å². The fourth-order valence-electron chi connectivity index (χ4n) is 6.30. The molecule has 0 unspecified atom stereocenters. The summed E-state index contributed by atoms with van der Waals surface area (Å²) in [6, 6.07) is 36.6. The van der Waals surface area contributed by atoms with Crippen LogP contribution in [0.2, 0.25) is 0 Å². The fourth-order valence-corrected chi connectivity index (χ4v) is 13.9. The van der Waals surface area contributed by atoms with Crippen molar-refractivity contribution in [2.75, 3.05) is 0 Å². The molecule has 0 N–H and O–H groups in total. The molecule has 0 amide bonds. The van der Waals surface area contributed by atoms with Crippen LogP contribution in [0.1, 0.15) is 0 Å². The van der Waals surface area contributed by atoms with Gasteiger partial charge in [-0.25, -0.2) is 0 Å². The molecule has 0 radical (unpaired) electrons. The van der Waals surface area contributed by atoms with E-state index in [4.69, 9.17) is 0 Å². The summed E-state index contributed by atoms with van der Waals surface area (Å²) >= 11 is 11.4. The molecule has 42 heavy (non-hydrogen) atoms. The molecule has 0 aliphatic heterocycles. The summed E-state index contributed by atoms with van der Waals surface area (Å²) in [4.78, 5) is 2.71. The molecule has 0 fully saturated rings. The lowest BCUT2D eigenvalue weighted by Crippen LogP contribution is -1.88. The molecule has 6 heteroatoms. The third-order valence-corrected chi connectivity index (χ3v) is 15.4. The van der Waals surface area contributed by atoms with Gasteiger partial charge in [-0.15, -0.1) is 68.0 Å². The Morgan fingerprint density at radius 1 is 0.333 bits per heavy atom. The summed E-state index contributed by atoms with van der Waals surface area (Å²) in [5.41, 5.74) is 5.24. The molecule has 10 rings (SSSR count). The number of fused-ring (bicyclic) bond motifs is 8. The minimum Gasteiger partial charge on any atom is -0.141 e. The first-order chi connectivity index (χ1) is 20.8. The zero-order chi connectivity index (χ0) is 27.4. The molecular formula is C36H18S6. The Kier molecular flexibility index (Phi) is 5.21. The SMILES string of the molecule is c1ccc2c(-c3ccc(-c4cc5sc6ccsc6c5s4)c4ccccc34)ccc(-c3cc4sc5ccsc5c4s3)c2c1. The molecule has 0 nitrogen and oxygen atoms in total. The average molecular weight is 643 g/mol. The van der Waals surface area contributed by atoms with E-state index in [1.807, 2.05) is 68.0 Å². The largest absolute Gasteiger partial charge is 0.141 e. The minimum atomic E-state index is 1.29. The van der Waals surface area contributed by atoms with Crippen molar-refractivity contribution in [2.24, 2.45) is 0 Å². The highest BCUT2D eigenvalue weighted by Crippen LogP contribution is 2.49. The van der Waals surface area contributed by atoms with E-state index < -0.39 is 0 Å². The summed E-state index contributed by atoms with van der Waals surface area (Å²) in [5, 5.41) is 9.67. The lowest BCUT2D eigenvalue weighted by Gasteiger charge is -2.15. The van der Waals surface area contributed by atoms with Crippen molar-refractivity contribution in [1.82, 2.24) is 0 Å². The highest BCUT2D eigenvalue weighted by Gasteiger charge is 2.18. The predicted molar refractivity (Wildman–Crippen MR) is 195 cm³/mol. The molecule has 4 aromatic carbocycles. The Balaban J connectivity index is 1.16. The zero-order valence-corrected chi connectivity index (χ0v) is 26.7. The van der Waals surface area contributed by atoms with E-state index in [0.29, 0.717) is 0 Å². The lowest BCUT2D eigenvalue weighted by molar-refractivity contribution is 1.68. The van der Waals surface area contributed by atoms with E-state index in [2.05, 4.69) is 108 Å². The van der Waals surface area contributed by atoms with Gasteiger partial charge in [0, 0.05) is 28.6 Å². The summed E-state index contributed by atoms with van der Waals surface area (Å²) in [5.74, 6) is 0. The van der Waals surface area contributed by atoms with Crippen LogP contribution in [-0.2, 0) is 0 Å². The van der Waals surface area contributed by atoms with Gasteiger partial charge in [0.2, 0.25) is 0 Å². The van der Waals surface area contributed by atoms with Crippen LogP contribution in [0.5, 0.6) is 0 Å². The van der Waals surface area contributed by atoms with Crippen LogP contribution < -0.4 is 0 Å². The molecule has 0 aliphatic rings. The van der Waals surface area contributed by atoms with Crippen molar-refractivity contribution < 1.29 is 0 Å². The van der Waals surface area contributed by atoms with E-state index >= 15 is 0 Å². The first kappa shape index (κ1) is 24.1. The van der Waals surface area contributed by atoms with Gasteiger partial charge >= 0.3 is 0 Å². The van der Waals surface area contributed by atoms with Crippen LogP contribution >= 0.6 is 68.0 Å². The van der Waals surface area contributed by atoms with Crippen LogP contribution in [0.4, 0.5) is 0 Å². The van der Waals surface area contributed by atoms with Gasteiger partial charge in [-0.05, 0) is 78.8 Å². The van der Waals surface area contributed by atoms with Gasteiger partial charge in [0.1, 0.15) is 0 Å². The maximum absolute atomic E-state index is 2.40. The average Bonchev–Trinajstić information content (AvgIpc) is 3.85. The zero-order valence-electron chi connectivity index (χ0n) is 21.8. The second-order valence-electron chi connectivity index (χ2n) is 10.5. The summed E-state index contributed by atoms with van der Waals surface area (Å²) in [7, 11) is 0. The van der Waals surface area contributed by atoms with E-state index in [0.717, 1.165) is 0 Å². The maximum Gasteiger partial charge on any atom is 0.0635 e. The van der Waals surface area contributed by atoms with Crippen LogP contribution in [0, 0.1) is 0 Å². The minimum absolute atomic E-state index is 1.29. The Labute approximate surface area is 265 Å². The topological polar surface area (TPSA) is 0 Å². The normalized spacial score (nSPS) is 12.3. The van der Waals surface area contributed by atoms with Crippen LogP contribution in [0.3, 0.4) is 0 Å². The number of rotatable bonds is 3. The number of hydrogen-bond donors (Lipinski definition) is 0. The second-order valence-corrected chi connectivity index (χ2v) is 16.6. The van der Waals surface area contributed by atoms with Crippen LogP contribution in [0.25, 0.3) is 91.2 Å². The molecule has 0 saturated carbocycles. The smallest absolute Gasteiger partial charge is 0.0635 e. The molecule has 6 heterocycles. The second kappa shape index (κ2) is 9.07. The third-order valence-electron chi connectivity index (χ3n) is 8.18. The summed E-state index contributed by atoms with van der Waals surface area (Å²) in [6.07, 6.45) is 0. The lowest BCUT2D eigenvalue weighted by atomic mass is 9.90. The molecule has 0 spiro atoms. The monoisotopic (exact) mass is 642 g/mol. The van der Waals surface area contributed by atoms with Crippen molar-refractivity contribution >= 4 is 127 Å². The number of benzene rings is 4. The van der Waals surface area contributed by atoms with E-state index in [1.54, 1.807) is 0 Å². The summed E-state index contributed by atoms with van der Waals surface area (Å²) in [6.45, 7) is 0. The predicted octanol–water partition coefficient (Wildman–Crippen LogP) is 14.0. The van der Waals surface area contributed by atoms with E-state index in [1.165, 1.54) is 91.2 Å². The fraction of sp³-hybridized carbons (Fsp3) is 0. The molecule has 6 aromatic heterocycles. The van der Waals surface area contributed by atoms with Crippen molar-refractivity contribution in [3.63, 3.8) is 0 Å². The van der Waals surface area contributed by atoms with Gasteiger partial charge in [-0.1, -0.05) is 72.8 Å². The molecule has 0 aliphatic carbocycles. The highest BCUT2D eigenvalue weighted by molar-refractivity contribution is 7.39. The first-order valence-electron chi connectivity index (χ1n) is 13.6. The molecule has 198 valence electrons. The molecule has 10 aromatic rings. The molecule has 0 atom stereocenters. The van der Waals surface area contributed by atoms with Gasteiger partial charge in [-0.3, -0.25) is 0 Å². The van der Waals surface area contributed by atoms with Gasteiger partial charge in [0.15, 0.2) is 0 Å². The van der Waals surface area contributed by atoms with Gasteiger partial charge in [0.25, 0.3) is 0 Å². The Hall–Kier alpha value is -3.36. The quantitative estimate of drug-likeness (QED) is 0.180. The van der Waals surface area contributed by atoms with E-state index in [-0.39, 0.29) is 0 Å². The van der Waals surface area contributed by atoms with Gasteiger partial charge < -0.3 is 0 Å². The third kappa shape index (κ3) is 3.42. The molecular weight excluding hydrogens is 625 g/mol. The highest BCUT2D eigenvalue weighted by atomic mass is 32.1. The number of hydrogen-bond acceptors (Lipinski definition) is 6. The molecule has 0 bridgehead atoms. The Bertz CT molecular complexity index is 2460. The summed E-state index contributed by atoms with van der Waals surface area (Å²) < 4.78 is 11.4. The Morgan fingerprint density at radius 2 is 0.738 bits per heavy atom. The van der Waals surface area contributed by atoms with Crippen molar-refractivity contribution in [2.45, 2.75) is 0 Å².